The van der Waals surface area contributed by atoms with Crippen LogP contribution in [0.2, 0.25) is 0 Å². The van der Waals surface area contributed by atoms with Gasteiger partial charge in [0.05, 0.1) is 12.1 Å². The predicted octanol–water partition coefficient (Wildman–Crippen LogP) is 3.56. The number of nitrogens with one attached hydrogen (secondary N) is 1. The largest absolute Gasteiger partial charge is 0.356 e. The molecule has 1 saturated heterocycles. The van der Waals surface area contributed by atoms with E-state index in [9.17, 15) is 9.59 Å². The molecule has 110 valence electrons. The molecule has 1 fully saturated rings. The SMILES string of the molecule is C=C1CC(=O)N(c2ccc(Nc3ccc(C)cc3)cc2)C1=O. The fraction of sp³-hybridized carbons (Fsp3) is 0.111. The van der Waals surface area contributed by atoms with Gasteiger partial charge in [-0.15, -0.1) is 0 Å². The average molecular weight is 292 g/mol. The molecule has 0 unspecified atom stereocenters. The molecule has 4 nitrogen and oxygen atoms in total. The van der Waals surface area contributed by atoms with Crippen molar-refractivity contribution in [2.45, 2.75) is 13.3 Å². The van der Waals surface area contributed by atoms with E-state index in [1.165, 1.54) is 10.5 Å². The molecule has 1 N–H and O–H groups in total. The summed E-state index contributed by atoms with van der Waals surface area (Å²) < 4.78 is 0. The average Bonchev–Trinajstić information content (AvgIpc) is 2.76. The van der Waals surface area contributed by atoms with Crippen molar-refractivity contribution in [3.05, 3.63) is 66.2 Å². The fourth-order valence-corrected chi connectivity index (χ4v) is 2.37. The van der Waals surface area contributed by atoms with E-state index in [1.807, 2.05) is 43.3 Å². The number of amides is 2. The van der Waals surface area contributed by atoms with Gasteiger partial charge >= 0.3 is 0 Å². The number of carbonyl (C=O) groups is 2. The summed E-state index contributed by atoms with van der Waals surface area (Å²) >= 11 is 0. The van der Waals surface area contributed by atoms with E-state index < -0.39 is 0 Å². The number of hydrogen-bond acceptors (Lipinski definition) is 3. The first-order chi connectivity index (χ1) is 10.5. The van der Waals surface area contributed by atoms with Crippen LogP contribution in [0.3, 0.4) is 0 Å². The lowest BCUT2D eigenvalue weighted by Crippen LogP contribution is -2.28. The molecule has 2 aromatic rings. The quantitative estimate of drug-likeness (QED) is 0.695. The second-order valence-corrected chi connectivity index (χ2v) is 5.35. The summed E-state index contributed by atoms with van der Waals surface area (Å²) in [7, 11) is 0. The monoisotopic (exact) mass is 292 g/mol. The Morgan fingerprint density at radius 3 is 2.00 bits per heavy atom. The van der Waals surface area contributed by atoms with Crippen molar-refractivity contribution in [1.82, 2.24) is 0 Å². The number of hydrogen-bond donors (Lipinski definition) is 1. The van der Waals surface area contributed by atoms with Crippen LogP contribution >= 0.6 is 0 Å². The molecule has 1 aliphatic rings. The first-order valence-electron chi connectivity index (χ1n) is 7.03. The molecule has 0 spiro atoms. The summed E-state index contributed by atoms with van der Waals surface area (Å²) in [6.45, 7) is 5.66. The molecule has 4 heteroatoms. The molecule has 0 saturated carbocycles. The third-order valence-electron chi connectivity index (χ3n) is 3.59. The summed E-state index contributed by atoms with van der Waals surface area (Å²) in [6, 6.07) is 15.3. The molecule has 2 amide bonds. The molecular weight excluding hydrogens is 276 g/mol. The van der Waals surface area contributed by atoms with Crippen LogP contribution in [0, 0.1) is 6.92 Å². The lowest BCUT2D eigenvalue weighted by atomic mass is 10.2. The van der Waals surface area contributed by atoms with Crippen LogP contribution in [0.5, 0.6) is 0 Å². The lowest BCUT2D eigenvalue weighted by Gasteiger charge is -2.14. The number of nitrogens with zero attached hydrogens (tertiary/aromatic N) is 1. The first kappa shape index (κ1) is 14.1. The van der Waals surface area contributed by atoms with Crippen LogP contribution in [0.1, 0.15) is 12.0 Å². The minimum Gasteiger partial charge on any atom is -0.356 e. The van der Waals surface area contributed by atoms with Gasteiger partial charge in [-0.05, 0) is 43.3 Å². The zero-order chi connectivity index (χ0) is 15.7. The molecular formula is C18H16N2O2. The molecule has 1 aliphatic heterocycles. The van der Waals surface area contributed by atoms with E-state index in [2.05, 4.69) is 11.9 Å². The number of benzene rings is 2. The van der Waals surface area contributed by atoms with Gasteiger partial charge in [-0.1, -0.05) is 24.3 Å². The standard InChI is InChI=1S/C18H16N2O2/c1-12-3-5-14(6-4-12)19-15-7-9-16(10-8-15)20-17(21)11-13(2)18(20)22/h3-10,19H,2,11H2,1H3. The topological polar surface area (TPSA) is 49.4 Å². The van der Waals surface area contributed by atoms with Crippen LogP contribution in [0.4, 0.5) is 17.1 Å². The maximum absolute atomic E-state index is 11.9. The summed E-state index contributed by atoms with van der Waals surface area (Å²) in [5.74, 6) is -0.543. The Kier molecular flexibility index (Phi) is 3.51. The Morgan fingerprint density at radius 2 is 1.50 bits per heavy atom. The minimum atomic E-state index is -0.316. The van der Waals surface area contributed by atoms with Crippen molar-refractivity contribution in [3.63, 3.8) is 0 Å². The second kappa shape index (κ2) is 5.48. The normalized spacial score (nSPS) is 14.6. The highest BCUT2D eigenvalue weighted by atomic mass is 16.2. The summed E-state index contributed by atoms with van der Waals surface area (Å²) in [5.41, 5.74) is 3.99. The van der Waals surface area contributed by atoms with E-state index in [0.29, 0.717) is 11.3 Å². The van der Waals surface area contributed by atoms with Crippen LogP contribution in [0.25, 0.3) is 0 Å². The lowest BCUT2D eigenvalue weighted by molar-refractivity contribution is -0.120. The van der Waals surface area contributed by atoms with Gasteiger partial charge < -0.3 is 5.32 Å². The van der Waals surface area contributed by atoms with Crippen LogP contribution in [0.15, 0.2) is 60.7 Å². The summed E-state index contributed by atoms with van der Waals surface area (Å²) in [4.78, 5) is 24.9. The molecule has 0 aromatic heterocycles. The minimum absolute atomic E-state index is 0.0994. The Morgan fingerprint density at radius 1 is 0.955 bits per heavy atom. The molecule has 0 atom stereocenters. The van der Waals surface area contributed by atoms with Gasteiger partial charge in [-0.2, -0.15) is 0 Å². The van der Waals surface area contributed by atoms with E-state index >= 15 is 0 Å². The summed E-state index contributed by atoms with van der Waals surface area (Å²) in [5, 5.41) is 3.27. The van der Waals surface area contributed by atoms with E-state index in [0.717, 1.165) is 11.4 Å². The van der Waals surface area contributed by atoms with Gasteiger partial charge in [0, 0.05) is 16.9 Å². The van der Waals surface area contributed by atoms with E-state index in [-0.39, 0.29) is 18.2 Å². The Bertz CT molecular complexity index is 746. The number of anilines is 3. The Labute approximate surface area is 129 Å². The highest BCUT2D eigenvalue weighted by Gasteiger charge is 2.33. The van der Waals surface area contributed by atoms with Crippen molar-refractivity contribution < 1.29 is 9.59 Å². The zero-order valence-corrected chi connectivity index (χ0v) is 12.3. The van der Waals surface area contributed by atoms with Gasteiger partial charge in [0.1, 0.15) is 0 Å². The summed E-state index contributed by atoms with van der Waals surface area (Å²) in [6.07, 6.45) is 0.0994. The molecule has 1 heterocycles. The Balaban J connectivity index is 1.78. The molecule has 0 radical (unpaired) electrons. The van der Waals surface area contributed by atoms with Gasteiger partial charge in [0.25, 0.3) is 5.91 Å². The highest BCUT2D eigenvalue weighted by Crippen LogP contribution is 2.27. The van der Waals surface area contributed by atoms with Gasteiger partial charge in [-0.3, -0.25) is 9.59 Å². The van der Waals surface area contributed by atoms with Gasteiger partial charge in [0.2, 0.25) is 5.91 Å². The van der Waals surface area contributed by atoms with Gasteiger partial charge in [0.15, 0.2) is 0 Å². The molecule has 2 aromatic carbocycles. The van der Waals surface area contributed by atoms with Gasteiger partial charge in [-0.25, -0.2) is 4.90 Å². The predicted molar refractivity (Wildman–Crippen MR) is 87.2 cm³/mol. The van der Waals surface area contributed by atoms with Crippen LogP contribution in [-0.2, 0) is 9.59 Å². The van der Waals surface area contributed by atoms with Crippen LogP contribution in [-0.4, -0.2) is 11.8 Å². The zero-order valence-electron chi connectivity index (χ0n) is 12.3. The third-order valence-corrected chi connectivity index (χ3v) is 3.59. The van der Waals surface area contributed by atoms with Crippen molar-refractivity contribution in [2.75, 3.05) is 10.2 Å². The maximum atomic E-state index is 11.9. The molecule has 22 heavy (non-hydrogen) atoms. The number of imide groups is 1. The van der Waals surface area contributed by atoms with Crippen molar-refractivity contribution in [1.29, 1.82) is 0 Å². The van der Waals surface area contributed by atoms with Crippen molar-refractivity contribution in [3.8, 4) is 0 Å². The maximum Gasteiger partial charge on any atom is 0.260 e. The highest BCUT2D eigenvalue weighted by molar-refractivity contribution is 6.27. The van der Waals surface area contributed by atoms with E-state index in [4.69, 9.17) is 0 Å². The molecule has 0 bridgehead atoms. The number of carbonyl (C=O) groups excluding carboxylic acids is 2. The fourth-order valence-electron chi connectivity index (χ4n) is 2.37. The number of aryl methyl sites for hydroxylation is 1. The van der Waals surface area contributed by atoms with Crippen molar-refractivity contribution >= 4 is 28.9 Å². The second-order valence-electron chi connectivity index (χ2n) is 5.35. The smallest absolute Gasteiger partial charge is 0.260 e. The molecule has 0 aliphatic carbocycles. The van der Waals surface area contributed by atoms with Crippen molar-refractivity contribution in [2.24, 2.45) is 0 Å². The van der Waals surface area contributed by atoms with E-state index in [1.54, 1.807) is 12.1 Å². The molecule has 3 rings (SSSR count). The van der Waals surface area contributed by atoms with Crippen LogP contribution < -0.4 is 10.2 Å². The first-order valence-corrected chi connectivity index (χ1v) is 7.03. The number of rotatable bonds is 3. The third kappa shape index (κ3) is 2.63. The Hall–Kier alpha value is -2.88.